The van der Waals surface area contributed by atoms with Crippen LogP contribution in [0.3, 0.4) is 0 Å². The number of aryl methyl sites for hydroxylation is 1. The van der Waals surface area contributed by atoms with E-state index in [2.05, 4.69) is 10.1 Å². The second-order valence-corrected chi connectivity index (χ2v) is 7.80. The van der Waals surface area contributed by atoms with E-state index in [-0.39, 0.29) is 40.5 Å². The van der Waals surface area contributed by atoms with Crippen molar-refractivity contribution in [2.24, 2.45) is 7.05 Å². The predicted octanol–water partition coefficient (Wildman–Crippen LogP) is 5.98. The molecule has 0 aliphatic rings. The van der Waals surface area contributed by atoms with Gasteiger partial charge in [0.1, 0.15) is 29.9 Å². The number of alkyl halides is 3. The van der Waals surface area contributed by atoms with Crippen molar-refractivity contribution in [1.29, 1.82) is 5.26 Å². The van der Waals surface area contributed by atoms with E-state index in [1.54, 1.807) is 24.3 Å². The lowest BCUT2D eigenvalue weighted by Gasteiger charge is -2.16. The number of phenolic OH excluding ortho intramolecular Hbond substituents is 1. The van der Waals surface area contributed by atoms with Crippen LogP contribution in [0.25, 0.3) is 22.4 Å². The van der Waals surface area contributed by atoms with Crippen molar-refractivity contribution in [1.82, 2.24) is 14.8 Å². The van der Waals surface area contributed by atoms with E-state index in [1.807, 2.05) is 6.07 Å². The van der Waals surface area contributed by atoms with Crippen LogP contribution < -0.4 is 4.74 Å². The SMILES string of the molecule is Cn1nc(-c2ccc(OCc3ccc(Cl)cc3)c(-c3cncc(C#N)c3)c2O)cc1C(F)(F)F. The van der Waals surface area contributed by atoms with Gasteiger partial charge >= 0.3 is 6.18 Å². The number of nitrogens with zero attached hydrogens (tertiary/aromatic N) is 4. The zero-order valence-corrected chi connectivity index (χ0v) is 18.4. The average molecular weight is 485 g/mol. The largest absolute Gasteiger partial charge is 0.506 e. The third kappa shape index (κ3) is 4.67. The summed E-state index contributed by atoms with van der Waals surface area (Å²) in [5.74, 6) is -0.0996. The van der Waals surface area contributed by atoms with Gasteiger partial charge in [-0.2, -0.15) is 23.5 Å². The zero-order valence-electron chi connectivity index (χ0n) is 17.6. The average Bonchev–Trinajstić information content (AvgIpc) is 3.20. The summed E-state index contributed by atoms with van der Waals surface area (Å²) in [6, 6.07) is 14.3. The second kappa shape index (κ2) is 9.08. The third-order valence-corrected chi connectivity index (χ3v) is 5.30. The molecule has 10 heteroatoms. The summed E-state index contributed by atoms with van der Waals surface area (Å²) in [5, 5.41) is 24.9. The quantitative estimate of drug-likeness (QED) is 0.377. The molecule has 0 unspecified atom stereocenters. The van der Waals surface area contributed by atoms with Crippen LogP contribution in [0.2, 0.25) is 5.02 Å². The summed E-state index contributed by atoms with van der Waals surface area (Å²) in [7, 11) is 1.17. The fraction of sp³-hybridized carbons (Fsp3) is 0.125. The number of rotatable bonds is 5. The molecular weight excluding hydrogens is 469 g/mol. The Labute approximate surface area is 197 Å². The van der Waals surface area contributed by atoms with Crippen LogP contribution in [0, 0.1) is 11.3 Å². The predicted molar refractivity (Wildman–Crippen MR) is 119 cm³/mol. The molecule has 0 atom stereocenters. The number of phenols is 1. The summed E-state index contributed by atoms with van der Waals surface area (Å²) in [6.45, 7) is 0.135. The van der Waals surface area contributed by atoms with Gasteiger partial charge in [0.25, 0.3) is 0 Å². The molecule has 0 fully saturated rings. The van der Waals surface area contributed by atoms with Crippen LogP contribution in [0.5, 0.6) is 11.5 Å². The number of nitriles is 1. The Morgan fingerprint density at radius 3 is 2.50 bits per heavy atom. The summed E-state index contributed by atoms with van der Waals surface area (Å²) in [6.07, 6.45) is -1.83. The molecule has 0 saturated heterocycles. The smallest absolute Gasteiger partial charge is 0.433 e. The van der Waals surface area contributed by atoms with Crippen LogP contribution in [-0.2, 0) is 19.8 Å². The Balaban J connectivity index is 1.82. The molecule has 172 valence electrons. The molecule has 4 aromatic rings. The number of hydrogen-bond donors (Lipinski definition) is 1. The molecule has 0 amide bonds. The molecule has 4 rings (SSSR count). The van der Waals surface area contributed by atoms with Gasteiger partial charge < -0.3 is 9.84 Å². The fourth-order valence-corrected chi connectivity index (χ4v) is 3.55. The van der Waals surface area contributed by atoms with Crippen molar-refractivity contribution in [3.8, 4) is 40.0 Å². The maximum absolute atomic E-state index is 13.3. The van der Waals surface area contributed by atoms with Crippen molar-refractivity contribution in [2.45, 2.75) is 12.8 Å². The number of ether oxygens (including phenoxy) is 1. The molecule has 0 spiro atoms. The topological polar surface area (TPSA) is 84.0 Å². The Bertz CT molecular complexity index is 1390. The molecule has 34 heavy (non-hydrogen) atoms. The molecular formula is C24H16ClF3N4O2. The Morgan fingerprint density at radius 1 is 1.12 bits per heavy atom. The van der Waals surface area contributed by atoms with Gasteiger partial charge in [-0.3, -0.25) is 9.67 Å². The van der Waals surface area contributed by atoms with E-state index in [0.29, 0.717) is 15.3 Å². The zero-order chi connectivity index (χ0) is 24.5. The lowest BCUT2D eigenvalue weighted by Crippen LogP contribution is -2.11. The first kappa shape index (κ1) is 23.1. The first-order chi connectivity index (χ1) is 16.2. The van der Waals surface area contributed by atoms with Crippen molar-refractivity contribution in [3.05, 3.63) is 82.8 Å². The molecule has 0 radical (unpaired) electrons. The van der Waals surface area contributed by atoms with Gasteiger partial charge in [0.05, 0.1) is 16.8 Å². The van der Waals surface area contributed by atoms with Crippen LogP contribution >= 0.6 is 11.6 Å². The fourth-order valence-electron chi connectivity index (χ4n) is 3.42. The standard InChI is InChI=1S/C24H16ClF3N4O2/c1-32-21(24(26,27)28)9-19(31-32)18-6-7-20(34-13-14-2-4-17(25)5-3-14)22(23(18)33)16-8-15(10-29)11-30-12-16/h2-9,11-12,33H,13H2,1H3. The van der Waals surface area contributed by atoms with Crippen LogP contribution in [-0.4, -0.2) is 19.9 Å². The van der Waals surface area contributed by atoms with Crippen LogP contribution in [0.15, 0.2) is 60.9 Å². The lowest BCUT2D eigenvalue weighted by molar-refractivity contribution is -0.143. The molecule has 0 aliphatic carbocycles. The first-order valence-electron chi connectivity index (χ1n) is 9.87. The van der Waals surface area contributed by atoms with Crippen molar-refractivity contribution < 1.29 is 23.0 Å². The molecule has 6 nitrogen and oxygen atoms in total. The molecule has 2 heterocycles. The maximum Gasteiger partial charge on any atom is 0.433 e. The molecule has 2 aromatic heterocycles. The van der Waals surface area contributed by atoms with Gasteiger partial charge in [-0.05, 0) is 42.0 Å². The minimum Gasteiger partial charge on any atom is -0.506 e. The van der Waals surface area contributed by atoms with Gasteiger partial charge in [-0.15, -0.1) is 0 Å². The first-order valence-corrected chi connectivity index (χ1v) is 10.3. The third-order valence-electron chi connectivity index (χ3n) is 5.05. The summed E-state index contributed by atoms with van der Waals surface area (Å²) >= 11 is 5.91. The summed E-state index contributed by atoms with van der Waals surface area (Å²) in [5.41, 5.74) is 0.626. The maximum atomic E-state index is 13.3. The van der Waals surface area contributed by atoms with E-state index >= 15 is 0 Å². The highest BCUT2D eigenvalue weighted by atomic mass is 35.5. The van der Waals surface area contributed by atoms with E-state index in [9.17, 15) is 23.5 Å². The Hall–Kier alpha value is -4.03. The number of halogens is 4. The van der Waals surface area contributed by atoms with E-state index < -0.39 is 11.9 Å². The number of benzene rings is 2. The Kier molecular flexibility index (Phi) is 6.18. The highest BCUT2D eigenvalue weighted by Gasteiger charge is 2.35. The number of hydrogen-bond acceptors (Lipinski definition) is 5. The summed E-state index contributed by atoms with van der Waals surface area (Å²) < 4.78 is 46.4. The Morgan fingerprint density at radius 2 is 1.85 bits per heavy atom. The summed E-state index contributed by atoms with van der Waals surface area (Å²) in [4.78, 5) is 4.02. The minimum absolute atomic E-state index is 0.0674. The van der Waals surface area contributed by atoms with Crippen molar-refractivity contribution >= 4 is 11.6 Å². The van der Waals surface area contributed by atoms with E-state index in [1.165, 1.54) is 37.6 Å². The van der Waals surface area contributed by atoms with E-state index in [0.717, 1.165) is 11.6 Å². The molecule has 1 N–H and O–H groups in total. The highest BCUT2D eigenvalue weighted by molar-refractivity contribution is 6.30. The van der Waals surface area contributed by atoms with E-state index in [4.69, 9.17) is 16.3 Å². The van der Waals surface area contributed by atoms with Crippen LogP contribution in [0.4, 0.5) is 13.2 Å². The van der Waals surface area contributed by atoms with Crippen molar-refractivity contribution in [2.75, 3.05) is 0 Å². The normalized spacial score (nSPS) is 11.3. The van der Waals surface area contributed by atoms with Gasteiger partial charge in [0.15, 0.2) is 0 Å². The molecule has 0 saturated carbocycles. The molecule has 0 bridgehead atoms. The van der Waals surface area contributed by atoms with Crippen molar-refractivity contribution in [3.63, 3.8) is 0 Å². The lowest BCUT2D eigenvalue weighted by atomic mass is 9.99. The molecule has 0 aliphatic heterocycles. The molecule has 2 aromatic carbocycles. The van der Waals surface area contributed by atoms with Gasteiger partial charge in [0.2, 0.25) is 0 Å². The number of pyridine rings is 1. The van der Waals surface area contributed by atoms with Gasteiger partial charge in [-0.1, -0.05) is 23.7 Å². The number of aromatic hydroxyl groups is 1. The monoisotopic (exact) mass is 484 g/mol. The number of aromatic nitrogens is 3. The second-order valence-electron chi connectivity index (χ2n) is 7.36. The van der Waals surface area contributed by atoms with Gasteiger partial charge in [0, 0.05) is 35.6 Å². The minimum atomic E-state index is -4.61. The van der Waals surface area contributed by atoms with Crippen LogP contribution in [0.1, 0.15) is 16.8 Å². The van der Waals surface area contributed by atoms with Gasteiger partial charge in [-0.25, -0.2) is 0 Å². The highest BCUT2D eigenvalue weighted by Crippen LogP contribution is 2.45.